The number of aromatic nitrogens is 2. The lowest BCUT2D eigenvalue weighted by Crippen LogP contribution is -2.21. The zero-order chi connectivity index (χ0) is 17.0. The molecule has 0 bridgehead atoms. The lowest BCUT2D eigenvalue weighted by atomic mass is 9.94. The second kappa shape index (κ2) is 7.66. The Kier molecular flexibility index (Phi) is 5.56. The summed E-state index contributed by atoms with van der Waals surface area (Å²) in [5.41, 5.74) is -0.0252. The summed E-state index contributed by atoms with van der Waals surface area (Å²) in [5.74, 6) is 1.52. The number of rotatable bonds is 6. The first-order chi connectivity index (χ1) is 11.5. The van der Waals surface area contributed by atoms with Gasteiger partial charge in [0.15, 0.2) is 5.13 Å². The van der Waals surface area contributed by atoms with Crippen LogP contribution in [0.25, 0.3) is 0 Å². The van der Waals surface area contributed by atoms with E-state index in [4.69, 9.17) is 9.15 Å². The molecular formula is C18H27N3O2S. The van der Waals surface area contributed by atoms with Gasteiger partial charge in [0.25, 0.3) is 0 Å². The van der Waals surface area contributed by atoms with E-state index in [1.165, 1.54) is 32.1 Å². The highest BCUT2D eigenvalue weighted by Crippen LogP contribution is 2.26. The molecule has 1 N–H and O–H groups in total. The van der Waals surface area contributed by atoms with Crippen LogP contribution in [0.15, 0.2) is 16.8 Å². The summed E-state index contributed by atoms with van der Waals surface area (Å²) in [6.45, 7) is 7.25. The van der Waals surface area contributed by atoms with Crippen LogP contribution in [0.2, 0.25) is 0 Å². The highest BCUT2D eigenvalue weighted by atomic mass is 32.1. The van der Waals surface area contributed by atoms with E-state index in [9.17, 15) is 0 Å². The van der Waals surface area contributed by atoms with Crippen molar-refractivity contribution in [2.75, 3.05) is 5.32 Å². The molecule has 0 aliphatic heterocycles. The lowest BCUT2D eigenvalue weighted by Gasteiger charge is -2.22. The Morgan fingerprint density at radius 3 is 2.67 bits per heavy atom. The molecule has 0 aromatic carbocycles. The van der Waals surface area contributed by atoms with Crippen molar-refractivity contribution < 1.29 is 9.15 Å². The maximum Gasteiger partial charge on any atom is 0.220 e. The zero-order valence-electron chi connectivity index (χ0n) is 14.8. The van der Waals surface area contributed by atoms with E-state index in [1.807, 2.05) is 6.20 Å². The predicted molar refractivity (Wildman–Crippen MR) is 96.3 cm³/mol. The first kappa shape index (κ1) is 17.4. The second-order valence-electron chi connectivity index (χ2n) is 7.47. The van der Waals surface area contributed by atoms with Gasteiger partial charge in [0.05, 0.1) is 17.7 Å². The van der Waals surface area contributed by atoms with Gasteiger partial charge in [0, 0.05) is 17.7 Å². The zero-order valence-corrected chi connectivity index (χ0v) is 15.6. The van der Waals surface area contributed by atoms with Gasteiger partial charge in [0.2, 0.25) is 5.89 Å². The van der Waals surface area contributed by atoms with Crippen molar-refractivity contribution in [1.82, 2.24) is 9.97 Å². The first-order valence-electron chi connectivity index (χ1n) is 8.75. The molecule has 6 heteroatoms. The van der Waals surface area contributed by atoms with Crippen molar-refractivity contribution in [3.8, 4) is 0 Å². The monoisotopic (exact) mass is 349 g/mol. The Balaban J connectivity index is 1.44. The minimum absolute atomic E-state index is 0.0252. The molecule has 3 rings (SSSR count). The molecule has 5 nitrogen and oxygen atoms in total. The molecule has 2 heterocycles. The molecule has 0 radical (unpaired) electrons. The Labute approximate surface area is 147 Å². The second-order valence-corrected chi connectivity index (χ2v) is 8.59. The summed E-state index contributed by atoms with van der Waals surface area (Å²) in [6, 6.07) is 0.585. The third-order valence-electron chi connectivity index (χ3n) is 4.25. The minimum atomic E-state index is -0.0252. The molecule has 1 aliphatic rings. The minimum Gasteiger partial charge on any atom is -0.443 e. The van der Waals surface area contributed by atoms with Crippen LogP contribution in [0, 0.1) is 0 Å². The van der Waals surface area contributed by atoms with Crippen LogP contribution >= 0.6 is 11.3 Å². The average Bonchev–Trinajstić information content (AvgIpc) is 3.18. The molecular weight excluding hydrogens is 322 g/mol. The maximum absolute atomic E-state index is 5.73. The maximum atomic E-state index is 5.73. The number of nitrogens with one attached hydrogen (secondary N) is 1. The molecule has 0 amide bonds. The fourth-order valence-electron chi connectivity index (χ4n) is 2.83. The summed E-state index contributed by atoms with van der Waals surface area (Å²) < 4.78 is 11.5. The van der Waals surface area contributed by atoms with Gasteiger partial charge in [-0.25, -0.2) is 9.97 Å². The number of hydrogen-bond acceptors (Lipinski definition) is 6. The summed E-state index contributed by atoms with van der Waals surface area (Å²) in [6.07, 6.45) is 10.2. The number of thiazole rings is 1. The fraction of sp³-hybridized carbons (Fsp3) is 0.667. The van der Waals surface area contributed by atoms with Gasteiger partial charge in [-0.1, -0.05) is 51.4 Å². The van der Waals surface area contributed by atoms with E-state index < -0.39 is 0 Å². The molecule has 2 aromatic heterocycles. The topological polar surface area (TPSA) is 60.2 Å². The average molecular weight is 350 g/mol. The number of ether oxygens (including phenoxy) is 1. The van der Waals surface area contributed by atoms with Gasteiger partial charge in [-0.15, -0.1) is 0 Å². The number of oxazole rings is 1. The molecule has 0 unspecified atom stereocenters. The Morgan fingerprint density at radius 1 is 1.17 bits per heavy atom. The van der Waals surface area contributed by atoms with E-state index >= 15 is 0 Å². The van der Waals surface area contributed by atoms with Crippen LogP contribution in [-0.4, -0.2) is 16.0 Å². The Hall–Kier alpha value is -1.40. The number of hydrogen-bond donors (Lipinski definition) is 1. The predicted octanol–water partition coefficient (Wildman–Crippen LogP) is 4.89. The van der Waals surface area contributed by atoms with Crippen molar-refractivity contribution in [2.24, 2.45) is 0 Å². The van der Waals surface area contributed by atoms with E-state index in [0.717, 1.165) is 15.8 Å². The largest absolute Gasteiger partial charge is 0.443 e. The Morgan fingerprint density at radius 2 is 1.96 bits per heavy atom. The highest BCUT2D eigenvalue weighted by Gasteiger charge is 2.19. The third kappa shape index (κ3) is 4.80. The van der Waals surface area contributed by atoms with E-state index in [0.29, 0.717) is 25.1 Å². The van der Waals surface area contributed by atoms with Crippen LogP contribution in [0.1, 0.15) is 69.4 Å². The molecule has 1 fully saturated rings. The molecule has 0 saturated heterocycles. The molecule has 24 heavy (non-hydrogen) atoms. The highest BCUT2D eigenvalue weighted by molar-refractivity contribution is 7.15. The van der Waals surface area contributed by atoms with Crippen LogP contribution in [0.5, 0.6) is 0 Å². The van der Waals surface area contributed by atoms with Gasteiger partial charge >= 0.3 is 0 Å². The lowest BCUT2D eigenvalue weighted by molar-refractivity contribution is 0.0895. The third-order valence-corrected chi connectivity index (χ3v) is 5.15. The van der Waals surface area contributed by atoms with E-state index in [1.54, 1.807) is 17.5 Å². The molecule has 1 saturated carbocycles. The summed E-state index contributed by atoms with van der Waals surface area (Å²) in [4.78, 5) is 9.86. The van der Waals surface area contributed by atoms with Gasteiger partial charge < -0.3 is 14.5 Å². The molecule has 1 aliphatic carbocycles. The Bertz CT molecular complexity index is 639. The van der Waals surface area contributed by atoms with Crippen molar-refractivity contribution in [3.63, 3.8) is 0 Å². The van der Waals surface area contributed by atoms with Gasteiger partial charge in [-0.3, -0.25) is 0 Å². The number of anilines is 1. The van der Waals surface area contributed by atoms with Crippen molar-refractivity contribution in [1.29, 1.82) is 0 Å². The van der Waals surface area contributed by atoms with Gasteiger partial charge in [-0.05, 0) is 12.8 Å². The van der Waals surface area contributed by atoms with E-state index in [2.05, 4.69) is 36.1 Å². The van der Waals surface area contributed by atoms with Crippen molar-refractivity contribution >= 4 is 16.5 Å². The summed E-state index contributed by atoms with van der Waals surface area (Å²) >= 11 is 1.67. The summed E-state index contributed by atoms with van der Waals surface area (Å²) in [7, 11) is 0. The number of nitrogens with zero attached hydrogens (tertiary/aromatic N) is 2. The van der Waals surface area contributed by atoms with Gasteiger partial charge in [0.1, 0.15) is 12.4 Å². The first-order valence-corrected chi connectivity index (χ1v) is 9.56. The molecule has 2 aromatic rings. The SMILES string of the molecule is CC(C)(C)c1cnc(COCc2cnc(NC3CCCCC3)s2)o1. The van der Waals surface area contributed by atoms with Crippen molar-refractivity contribution in [3.05, 3.63) is 28.9 Å². The summed E-state index contributed by atoms with van der Waals surface area (Å²) in [5, 5.41) is 4.56. The van der Waals surface area contributed by atoms with Crippen molar-refractivity contribution in [2.45, 2.75) is 77.5 Å². The standard InChI is InChI=1S/C18H27N3O2S/c1-18(2,3)15-10-19-16(23-15)12-22-11-14-9-20-17(24-14)21-13-7-5-4-6-8-13/h9-10,13H,4-8,11-12H2,1-3H3,(H,20,21). The smallest absolute Gasteiger partial charge is 0.220 e. The molecule has 0 spiro atoms. The fourth-order valence-corrected chi connectivity index (χ4v) is 3.65. The molecule has 0 atom stereocenters. The normalized spacial score (nSPS) is 16.5. The quantitative estimate of drug-likeness (QED) is 0.804. The van der Waals surface area contributed by atoms with Crippen LogP contribution in [-0.2, 0) is 23.4 Å². The van der Waals surface area contributed by atoms with Crippen LogP contribution < -0.4 is 5.32 Å². The van der Waals surface area contributed by atoms with Crippen LogP contribution in [0.4, 0.5) is 5.13 Å². The van der Waals surface area contributed by atoms with Crippen LogP contribution in [0.3, 0.4) is 0 Å². The van der Waals surface area contributed by atoms with E-state index in [-0.39, 0.29) is 5.41 Å². The molecule has 132 valence electrons. The van der Waals surface area contributed by atoms with Gasteiger partial charge in [-0.2, -0.15) is 0 Å².